The Bertz CT molecular complexity index is 522. The van der Waals surface area contributed by atoms with Crippen LogP contribution in [0.2, 0.25) is 0 Å². The Kier molecular flexibility index (Phi) is 6.01. The van der Waals surface area contributed by atoms with E-state index < -0.39 is 0 Å². The van der Waals surface area contributed by atoms with Gasteiger partial charge in [0, 0.05) is 11.8 Å². The largest absolute Gasteiger partial charge is 0.309 e. The minimum Gasteiger partial charge on any atom is -0.309 e. The quantitative estimate of drug-likeness (QED) is 0.788. The summed E-state index contributed by atoms with van der Waals surface area (Å²) in [6.45, 7) is 7.29. The molecule has 0 radical (unpaired) electrons. The van der Waals surface area contributed by atoms with Crippen LogP contribution in [0.3, 0.4) is 0 Å². The van der Waals surface area contributed by atoms with Crippen LogP contribution in [-0.4, -0.2) is 22.5 Å². The van der Waals surface area contributed by atoms with Gasteiger partial charge in [-0.25, -0.2) is 0 Å². The number of aryl methyl sites for hydroxylation is 2. The van der Waals surface area contributed by atoms with Crippen molar-refractivity contribution in [1.82, 2.24) is 15.5 Å². The topological polar surface area (TPSA) is 37.8 Å². The molecule has 20 heavy (non-hydrogen) atoms. The van der Waals surface area contributed by atoms with Crippen LogP contribution in [0.5, 0.6) is 0 Å². The Labute approximate surface area is 129 Å². The Morgan fingerprint density at radius 1 is 1.20 bits per heavy atom. The van der Waals surface area contributed by atoms with Crippen molar-refractivity contribution in [3.63, 3.8) is 0 Å². The lowest BCUT2D eigenvalue weighted by Crippen LogP contribution is -2.22. The van der Waals surface area contributed by atoms with Gasteiger partial charge in [0.25, 0.3) is 0 Å². The number of nitrogens with zero attached hydrogens (tertiary/aromatic N) is 2. The number of hydrogen-bond donors (Lipinski definition) is 1. The second-order valence-corrected chi connectivity index (χ2v) is 7.05. The number of benzene rings is 1. The summed E-state index contributed by atoms with van der Waals surface area (Å²) in [5, 5.41) is 12.8. The zero-order valence-electron chi connectivity index (χ0n) is 12.2. The molecule has 0 aliphatic heterocycles. The highest BCUT2D eigenvalue weighted by molar-refractivity contribution is 8.01. The van der Waals surface area contributed by atoms with E-state index in [-0.39, 0.29) is 0 Å². The maximum atomic E-state index is 4.17. The summed E-state index contributed by atoms with van der Waals surface area (Å²) in [4.78, 5) is 0. The summed E-state index contributed by atoms with van der Waals surface area (Å²) < 4.78 is 1.05. The fourth-order valence-corrected chi connectivity index (χ4v) is 3.93. The van der Waals surface area contributed by atoms with E-state index in [9.17, 15) is 0 Å². The summed E-state index contributed by atoms with van der Waals surface area (Å²) in [6, 6.07) is 9.27. The zero-order chi connectivity index (χ0) is 14.4. The molecule has 5 heteroatoms. The van der Waals surface area contributed by atoms with Gasteiger partial charge in [0.2, 0.25) is 0 Å². The molecule has 1 aromatic heterocycles. The fourth-order valence-electron chi connectivity index (χ4n) is 2.00. The normalized spacial score (nSPS) is 12.6. The predicted octanol–water partition coefficient (Wildman–Crippen LogP) is 3.85. The summed E-state index contributed by atoms with van der Waals surface area (Å²) in [6.07, 6.45) is 1.09. The number of rotatable bonds is 7. The summed E-state index contributed by atoms with van der Waals surface area (Å²) >= 11 is 3.44. The molecular formula is C15H21N3S2. The Balaban J connectivity index is 2.01. The van der Waals surface area contributed by atoms with Crippen molar-refractivity contribution in [2.75, 3.05) is 12.3 Å². The first-order valence-electron chi connectivity index (χ1n) is 6.98. The van der Waals surface area contributed by atoms with Crippen molar-refractivity contribution in [3.05, 3.63) is 40.4 Å². The Morgan fingerprint density at radius 3 is 2.50 bits per heavy atom. The van der Waals surface area contributed by atoms with Crippen LogP contribution in [0.1, 0.15) is 36.0 Å². The molecule has 0 aliphatic rings. The molecule has 2 aromatic rings. The average molecular weight is 307 g/mol. The predicted molar refractivity (Wildman–Crippen MR) is 87.6 cm³/mol. The number of thioether (sulfide) groups is 1. The SMILES string of the molecule is CCNC(CSc1nnc(C)s1)c1ccc(CC)cc1. The maximum absolute atomic E-state index is 4.17. The lowest BCUT2D eigenvalue weighted by molar-refractivity contribution is 0.605. The van der Waals surface area contributed by atoms with Gasteiger partial charge >= 0.3 is 0 Å². The highest BCUT2D eigenvalue weighted by Crippen LogP contribution is 2.27. The minimum absolute atomic E-state index is 0.361. The first-order valence-corrected chi connectivity index (χ1v) is 8.78. The molecule has 0 fully saturated rings. The highest BCUT2D eigenvalue weighted by Gasteiger charge is 2.12. The van der Waals surface area contributed by atoms with Crippen molar-refractivity contribution in [2.24, 2.45) is 0 Å². The third-order valence-electron chi connectivity index (χ3n) is 3.12. The lowest BCUT2D eigenvalue weighted by Gasteiger charge is -2.17. The van der Waals surface area contributed by atoms with E-state index in [1.54, 1.807) is 23.1 Å². The van der Waals surface area contributed by atoms with E-state index in [1.807, 2.05) is 6.92 Å². The lowest BCUT2D eigenvalue weighted by atomic mass is 10.1. The van der Waals surface area contributed by atoms with E-state index in [2.05, 4.69) is 53.6 Å². The zero-order valence-corrected chi connectivity index (χ0v) is 13.9. The van der Waals surface area contributed by atoms with Crippen molar-refractivity contribution >= 4 is 23.1 Å². The van der Waals surface area contributed by atoms with Gasteiger partial charge in [-0.2, -0.15) is 0 Å². The molecule has 0 aliphatic carbocycles. The van der Waals surface area contributed by atoms with Crippen molar-refractivity contribution in [2.45, 2.75) is 37.6 Å². The van der Waals surface area contributed by atoms with Gasteiger partial charge < -0.3 is 5.32 Å². The van der Waals surface area contributed by atoms with Gasteiger partial charge in [-0.1, -0.05) is 61.2 Å². The standard InChI is InChI=1S/C15H21N3S2/c1-4-12-6-8-13(9-7-12)14(16-5-2)10-19-15-18-17-11(3)20-15/h6-9,14,16H,4-5,10H2,1-3H3. The smallest absolute Gasteiger partial charge is 0.174 e. The van der Waals surface area contributed by atoms with E-state index in [0.717, 1.165) is 28.1 Å². The molecule has 0 bridgehead atoms. The van der Waals surface area contributed by atoms with E-state index in [4.69, 9.17) is 0 Å². The minimum atomic E-state index is 0.361. The number of nitrogens with one attached hydrogen (secondary N) is 1. The van der Waals surface area contributed by atoms with Crippen LogP contribution in [0.25, 0.3) is 0 Å². The molecule has 2 rings (SSSR count). The summed E-state index contributed by atoms with van der Waals surface area (Å²) in [5.41, 5.74) is 2.73. The molecule has 0 amide bonds. The van der Waals surface area contributed by atoms with Crippen LogP contribution in [0.15, 0.2) is 28.6 Å². The van der Waals surface area contributed by atoms with Crippen LogP contribution in [0.4, 0.5) is 0 Å². The second-order valence-electron chi connectivity index (χ2n) is 4.60. The van der Waals surface area contributed by atoms with E-state index >= 15 is 0 Å². The molecule has 3 nitrogen and oxygen atoms in total. The molecule has 1 N–H and O–H groups in total. The monoisotopic (exact) mass is 307 g/mol. The van der Waals surface area contributed by atoms with Gasteiger partial charge in [-0.3, -0.25) is 0 Å². The molecule has 0 saturated heterocycles. The third kappa shape index (κ3) is 4.30. The number of aromatic nitrogens is 2. The summed E-state index contributed by atoms with van der Waals surface area (Å²) in [7, 11) is 0. The maximum Gasteiger partial charge on any atom is 0.174 e. The third-order valence-corrected chi connectivity index (χ3v) is 5.19. The molecule has 1 unspecified atom stereocenters. The van der Waals surface area contributed by atoms with Crippen LogP contribution in [-0.2, 0) is 6.42 Å². The Hall–Kier alpha value is -0.910. The number of hydrogen-bond acceptors (Lipinski definition) is 5. The van der Waals surface area contributed by atoms with Gasteiger partial charge in [0.05, 0.1) is 0 Å². The van der Waals surface area contributed by atoms with Gasteiger partial charge in [-0.15, -0.1) is 10.2 Å². The summed E-state index contributed by atoms with van der Waals surface area (Å²) in [5.74, 6) is 0.980. The molecule has 0 saturated carbocycles. The second kappa shape index (κ2) is 7.76. The van der Waals surface area contributed by atoms with E-state index in [0.29, 0.717) is 6.04 Å². The molecule has 1 aromatic carbocycles. The van der Waals surface area contributed by atoms with Crippen LogP contribution in [0, 0.1) is 6.92 Å². The fraction of sp³-hybridized carbons (Fsp3) is 0.467. The van der Waals surface area contributed by atoms with Crippen molar-refractivity contribution in [3.8, 4) is 0 Å². The molecule has 1 heterocycles. The Morgan fingerprint density at radius 2 is 1.95 bits per heavy atom. The molecule has 108 valence electrons. The first kappa shape index (κ1) is 15.5. The van der Waals surface area contributed by atoms with Crippen molar-refractivity contribution < 1.29 is 0 Å². The van der Waals surface area contributed by atoms with Crippen LogP contribution >= 0.6 is 23.1 Å². The highest BCUT2D eigenvalue weighted by atomic mass is 32.2. The molecule has 1 atom stereocenters. The van der Waals surface area contributed by atoms with Crippen molar-refractivity contribution in [1.29, 1.82) is 0 Å². The van der Waals surface area contributed by atoms with E-state index in [1.165, 1.54) is 11.1 Å². The van der Waals surface area contributed by atoms with Gasteiger partial charge in [-0.05, 0) is 31.0 Å². The molecule has 0 spiro atoms. The van der Waals surface area contributed by atoms with Gasteiger partial charge in [0.1, 0.15) is 5.01 Å². The van der Waals surface area contributed by atoms with Gasteiger partial charge in [0.15, 0.2) is 4.34 Å². The van der Waals surface area contributed by atoms with Crippen LogP contribution < -0.4 is 5.32 Å². The first-order chi connectivity index (χ1) is 9.72. The average Bonchev–Trinajstić information content (AvgIpc) is 2.89. The molecular weight excluding hydrogens is 286 g/mol.